The van der Waals surface area contributed by atoms with E-state index in [4.69, 9.17) is 9.72 Å². The van der Waals surface area contributed by atoms with Crippen molar-refractivity contribution < 1.29 is 4.74 Å². The molecule has 1 aliphatic rings. The smallest absolute Gasteiger partial charge is 0.332 e. The molecule has 6 rings (SSSR count). The normalized spacial score (nSPS) is 13.5. The fraction of sp³-hybridized carbons (Fsp3) is 0.379. The van der Waals surface area contributed by atoms with Gasteiger partial charge in [0.15, 0.2) is 17.0 Å². The zero-order valence-corrected chi connectivity index (χ0v) is 22.9. The lowest BCUT2D eigenvalue weighted by Crippen LogP contribution is -2.41. The summed E-state index contributed by atoms with van der Waals surface area (Å²) in [6.45, 7) is 5.63. The van der Waals surface area contributed by atoms with Crippen LogP contribution < -0.4 is 11.2 Å². The Morgan fingerprint density at radius 1 is 1.00 bits per heavy atom. The van der Waals surface area contributed by atoms with Gasteiger partial charge >= 0.3 is 5.69 Å². The number of aromatic nitrogens is 8. The molecule has 1 N–H and O–H groups in total. The topological polar surface area (TPSA) is 126 Å². The van der Waals surface area contributed by atoms with Crippen LogP contribution in [0.25, 0.3) is 33.7 Å². The van der Waals surface area contributed by atoms with Crippen molar-refractivity contribution in [2.75, 3.05) is 13.7 Å². The van der Waals surface area contributed by atoms with Crippen LogP contribution in [0.5, 0.6) is 0 Å². The van der Waals surface area contributed by atoms with Gasteiger partial charge in [0.25, 0.3) is 5.56 Å². The number of imidazole rings is 1. The van der Waals surface area contributed by atoms with Gasteiger partial charge in [0.1, 0.15) is 5.82 Å². The van der Waals surface area contributed by atoms with Crippen molar-refractivity contribution in [2.24, 2.45) is 5.92 Å². The second-order valence-electron chi connectivity index (χ2n) is 10.7. The van der Waals surface area contributed by atoms with Crippen LogP contribution in [0, 0.1) is 5.92 Å². The van der Waals surface area contributed by atoms with Gasteiger partial charge in [-0.3, -0.25) is 13.9 Å². The number of H-pyrrole nitrogens is 1. The predicted molar refractivity (Wildman–Crippen MR) is 151 cm³/mol. The minimum atomic E-state index is -0.324. The first-order valence-electron chi connectivity index (χ1n) is 13.6. The molecular weight excluding hydrogens is 508 g/mol. The molecule has 0 saturated heterocycles. The molecule has 2 aromatic carbocycles. The summed E-state index contributed by atoms with van der Waals surface area (Å²) in [5.41, 5.74) is 4.27. The Hall–Kier alpha value is -4.38. The van der Waals surface area contributed by atoms with Gasteiger partial charge in [-0.15, -0.1) is 5.10 Å². The molecule has 1 saturated carbocycles. The molecule has 11 nitrogen and oxygen atoms in total. The first-order valence-corrected chi connectivity index (χ1v) is 13.6. The van der Waals surface area contributed by atoms with Gasteiger partial charge in [0.2, 0.25) is 0 Å². The average molecular weight is 541 g/mol. The molecular formula is C29H32N8O3. The Balaban J connectivity index is 1.43. The van der Waals surface area contributed by atoms with Gasteiger partial charge in [-0.2, -0.15) is 0 Å². The van der Waals surface area contributed by atoms with Gasteiger partial charge in [-0.05, 0) is 45.9 Å². The van der Waals surface area contributed by atoms with Crippen LogP contribution in [0.2, 0.25) is 0 Å². The Bertz CT molecular complexity index is 1760. The van der Waals surface area contributed by atoms with Crippen molar-refractivity contribution in [3.05, 3.63) is 80.8 Å². The SMILES string of the molecule is COCCn1c(=O)c2c(nc(C(C)C)n2Cc2ccc(-c3ccccc3-c3nnn[nH]3)cc2)n(CC2CC2)c1=O. The number of hydrogen-bond donors (Lipinski definition) is 1. The third-order valence-electron chi connectivity index (χ3n) is 7.45. The Morgan fingerprint density at radius 3 is 2.40 bits per heavy atom. The molecule has 1 aliphatic carbocycles. The quantitative estimate of drug-likeness (QED) is 0.288. The number of fused-ring (bicyclic) bond motifs is 1. The lowest BCUT2D eigenvalue weighted by Gasteiger charge is -2.14. The molecule has 1 fully saturated rings. The van der Waals surface area contributed by atoms with E-state index in [9.17, 15) is 9.59 Å². The minimum absolute atomic E-state index is 0.0605. The van der Waals surface area contributed by atoms with Crippen LogP contribution in [-0.4, -0.2) is 53.0 Å². The Morgan fingerprint density at radius 2 is 1.75 bits per heavy atom. The zero-order valence-electron chi connectivity index (χ0n) is 22.9. The molecule has 11 heteroatoms. The number of tetrazole rings is 1. The van der Waals surface area contributed by atoms with E-state index >= 15 is 0 Å². The maximum absolute atomic E-state index is 13.8. The van der Waals surface area contributed by atoms with Gasteiger partial charge in [0.05, 0.1) is 13.2 Å². The molecule has 206 valence electrons. The van der Waals surface area contributed by atoms with Crippen molar-refractivity contribution in [3.8, 4) is 22.5 Å². The van der Waals surface area contributed by atoms with Crippen LogP contribution in [0.1, 0.15) is 44.0 Å². The van der Waals surface area contributed by atoms with Crippen molar-refractivity contribution in [2.45, 2.75) is 52.2 Å². The summed E-state index contributed by atoms with van der Waals surface area (Å²) in [7, 11) is 1.57. The third kappa shape index (κ3) is 4.77. The highest BCUT2D eigenvalue weighted by atomic mass is 16.5. The standard InChI is InChI=1S/C29H32N8O3/c1-18(2)26-30-27-24(28(38)35(14-15-40-3)29(39)37(27)17-19-8-9-19)36(26)16-20-10-12-21(13-11-20)22-6-4-5-7-23(22)25-31-33-34-32-25/h4-7,10-13,18-19H,8-9,14-17H2,1-3H3,(H,31,32,33,34). The number of aromatic amines is 1. The fourth-order valence-corrected chi connectivity index (χ4v) is 5.20. The maximum atomic E-state index is 13.8. The molecule has 3 heterocycles. The van der Waals surface area contributed by atoms with E-state index in [1.807, 2.05) is 28.8 Å². The number of nitrogens with zero attached hydrogens (tertiary/aromatic N) is 7. The zero-order chi connectivity index (χ0) is 27.8. The van der Waals surface area contributed by atoms with E-state index < -0.39 is 0 Å². The van der Waals surface area contributed by atoms with E-state index in [-0.39, 0.29) is 30.3 Å². The molecule has 40 heavy (non-hydrogen) atoms. The van der Waals surface area contributed by atoms with Gasteiger partial charge in [-0.1, -0.05) is 62.4 Å². The maximum Gasteiger partial charge on any atom is 0.332 e. The first-order chi connectivity index (χ1) is 19.5. The number of methoxy groups -OCH3 is 1. The van der Waals surface area contributed by atoms with E-state index in [1.54, 1.807) is 11.7 Å². The number of nitrogens with one attached hydrogen (secondary N) is 1. The van der Waals surface area contributed by atoms with E-state index in [1.165, 1.54) is 4.57 Å². The van der Waals surface area contributed by atoms with Crippen LogP contribution in [0.3, 0.4) is 0 Å². The Kier molecular flexibility index (Phi) is 6.89. The van der Waals surface area contributed by atoms with Crippen molar-refractivity contribution in [1.82, 2.24) is 39.3 Å². The summed E-state index contributed by atoms with van der Waals surface area (Å²) in [6.07, 6.45) is 2.18. The molecule has 3 aromatic heterocycles. The number of hydrogen-bond acceptors (Lipinski definition) is 7. The summed E-state index contributed by atoms with van der Waals surface area (Å²) in [6, 6.07) is 16.2. The highest BCUT2D eigenvalue weighted by Gasteiger charge is 2.28. The van der Waals surface area contributed by atoms with Crippen molar-refractivity contribution >= 4 is 11.2 Å². The Labute approximate surface area is 230 Å². The van der Waals surface area contributed by atoms with E-state index in [2.05, 4.69) is 58.7 Å². The average Bonchev–Trinajstić information content (AvgIpc) is 3.45. The van der Waals surface area contributed by atoms with E-state index in [0.29, 0.717) is 36.0 Å². The predicted octanol–water partition coefficient (Wildman–Crippen LogP) is 3.43. The highest BCUT2D eigenvalue weighted by Crippen LogP contribution is 2.32. The molecule has 0 atom stereocenters. The summed E-state index contributed by atoms with van der Waals surface area (Å²) in [4.78, 5) is 32.1. The molecule has 0 radical (unpaired) electrons. The van der Waals surface area contributed by atoms with Crippen LogP contribution in [0.15, 0.2) is 58.1 Å². The summed E-state index contributed by atoms with van der Waals surface area (Å²) in [5, 5.41) is 14.3. The van der Waals surface area contributed by atoms with Gasteiger partial charge in [-0.25, -0.2) is 14.9 Å². The van der Waals surface area contributed by atoms with Gasteiger partial charge in [0, 0.05) is 31.7 Å². The number of ether oxygens (including phenoxy) is 1. The van der Waals surface area contributed by atoms with Crippen molar-refractivity contribution in [1.29, 1.82) is 0 Å². The fourth-order valence-electron chi connectivity index (χ4n) is 5.20. The second kappa shape index (κ2) is 10.6. The molecule has 5 aromatic rings. The lowest BCUT2D eigenvalue weighted by molar-refractivity contribution is 0.184. The molecule has 0 aliphatic heterocycles. The van der Waals surface area contributed by atoms with Crippen LogP contribution >= 0.6 is 0 Å². The molecule has 0 unspecified atom stereocenters. The number of benzene rings is 2. The van der Waals surface area contributed by atoms with Crippen molar-refractivity contribution in [3.63, 3.8) is 0 Å². The largest absolute Gasteiger partial charge is 0.383 e. The molecule has 0 bridgehead atoms. The van der Waals surface area contributed by atoms with Crippen LogP contribution in [0.4, 0.5) is 0 Å². The summed E-state index contributed by atoms with van der Waals surface area (Å²) < 4.78 is 10.2. The van der Waals surface area contributed by atoms with Gasteiger partial charge < -0.3 is 9.30 Å². The third-order valence-corrected chi connectivity index (χ3v) is 7.45. The molecule has 0 spiro atoms. The number of rotatable bonds is 10. The van der Waals surface area contributed by atoms with E-state index in [0.717, 1.165) is 40.9 Å². The second-order valence-corrected chi connectivity index (χ2v) is 10.7. The first kappa shape index (κ1) is 25.9. The monoisotopic (exact) mass is 540 g/mol. The highest BCUT2D eigenvalue weighted by molar-refractivity contribution is 5.80. The summed E-state index contributed by atoms with van der Waals surface area (Å²) in [5.74, 6) is 1.90. The lowest BCUT2D eigenvalue weighted by atomic mass is 9.98. The molecule has 0 amide bonds. The van der Waals surface area contributed by atoms with Crippen LogP contribution in [-0.2, 0) is 24.4 Å². The summed E-state index contributed by atoms with van der Waals surface area (Å²) >= 11 is 0. The minimum Gasteiger partial charge on any atom is -0.383 e.